The molecule has 0 aliphatic heterocycles. The van der Waals surface area contributed by atoms with Crippen molar-refractivity contribution in [2.24, 2.45) is 0 Å². The number of aryl methyl sites for hydroxylation is 1. The lowest BCUT2D eigenvalue weighted by atomic mass is 9.94. The Morgan fingerprint density at radius 3 is 2.56 bits per heavy atom. The first-order valence-corrected chi connectivity index (χ1v) is 2.72. The summed E-state index contributed by atoms with van der Waals surface area (Å²) < 4.78 is 12.6. The van der Waals surface area contributed by atoms with Gasteiger partial charge in [-0.15, -0.1) is 0 Å². The minimum atomic E-state index is -0.308. The molecule has 1 aromatic rings. The van der Waals surface area contributed by atoms with Crippen molar-refractivity contribution >= 4 is 13.3 Å². The summed E-state index contributed by atoms with van der Waals surface area (Å²) in [6.07, 6.45) is 0. The summed E-state index contributed by atoms with van der Waals surface area (Å²) in [7, 11) is 5.25. The average Bonchev–Trinajstić information content (AvgIpc) is 1.83. The average molecular weight is 120 g/mol. The molecule has 0 unspecified atom stereocenters. The van der Waals surface area contributed by atoms with Crippen LogP contribution in [0.1, 0.15) is 5.56 Å². The fourth-order valence-electron chi connectivity index (χ4n) is 0.670. The molecule has 0 fully saturated rings. The standard InChI is InChI=1S/C7H6BF/c1-5-3-2-4-6(8)7(5)9/h2-4H,1H3. The molecule has 2 heteroatoms. The van der Waals surface area contributed by atoms with Crippen LogP contribution in [-0.4, -0.2) is 7.85 Å². The molecule has 0 atom stereocenters. The molecule has 0 spiro atoms. The van der Waals surface area contributed by atoms with E-state index in [1.807, 2.05) is 0 Å². The lowest BCUT2D eigenvalue weighted by molar-refractivity contribution is 0.627. The van der Waals surface area contributed by atoms with Gasteiger partial charge in [0.2, 0.25) is 0 Å². The van der Waals surface area contributed by atoms with Crippen molar-refractivity contribution in [2.75, 3.05) is 0 Å². The molecule has 0 nitrogen and oxygen atoms in total. The molecule has 0 N–H and O–H groups in total. The van der Waals surface area contributed by atoms with Gasteiger partial charge in [0.15, 0.2) is 0 Å². The largest absolute Gasteiger partial charge is 0.207 e. The fourth-order valence-corrected chi connectivity index (χ4v) is 0.670. The van der Waals surface area contributed by atoms with Gasteiger partial charge in [-0.25, -0.2) is 4.39 Å². The smallest absolute Gasteiger partial charge is 0.119 e. The summed E-state index contributed by atoms with van der Waals surface area (Å²) in [6, 6.07) is 4.96. The zero-order chi connectivity index (χ0) is 6.85. The van der Waals surface area contributed by atoms with Gasteiger partial charge in [0.25, 0.3) is 0 Å². The van der Waals surface area contributed by atoms with Gasteiger partial charge in [-0.2, -0.15) is 0 Å². The SMILES string of the molecule is [B]c1cccc(C)c1F. The Hall–Kier alpha value is -0.785. The number of hydrogen-bond donors (Lipinski definition) is 0. The van der Waals surface area contributed by atoms with E-state index < -0.39 is 0 Å². The van der Waals surface area contributed by atoms with Crippen LogP contribution >= 0.6 is 0 Å². The molecule has 1 rings (SSSR count). The van der Waals surface area contributed by atoms with E-state index in [1.165, 1.54) is 0 Å². The van der Waals surface area contributed by atoms with Gasteiger partial charge >= 0.3 is 0 Å². The predicted octanol–water partition coefficient (Wildman–Crippen LogP) is 0.928. The molecule has 0 bridgehead atoms. The summed E-state index contributed by atoms with van der Waals surface area (Å²) in [4.78, 5) is 0. The Bertz CT molecular complexity index is 200. The van der Waals surface area contributed by atoms with E-state index in [2.05, 4.69) is 0 Å². The van der Waals surface area contributed by atoms with Gasteiger partial charge in [-0.05, 0) is 12.5 Å². The second kappa shape index (κ2) is 2.22. The Morgan fingerprint density at radius 1 is 1.44 bits per heavy atom. The molecule has 0 aliphatic rings. The van der Waals surface area contributed by atoms with Crippen LogP contribution in [0.3, 0.4) is 0 Å². The van der Waals surface area contributed by atoms with E-state index >= 15 is 0 Å². The Morgan fingerprint density at radius 2 is 2.11 bits per heavy atom. The lowest BCUT2D eigenvalue weighted by Gasteiger charge is -1.97. The van der Waals surface area contributed by atoms with Gasteiger partial charge in [-0.1, -0.05) is 23.7 Å². The Labute approximate surface area is 55.1 Å². The van der Waals surface area contributed by atoms with Crippen molar-refractivity contribution in [3.8, 4) is 0 Å². The molecule has 0 amide bonds. The summed E-state index contributed by atoms with van der Waals surface area (Å²) in [5.74, 6) is -0.308. The highest BCUT2D eigenvalue weighted by molar-refractivity contribution is 6.32. The van der Waals surface area contributed by atoms with Crippen molar-refractivity contribution < 1.29 is 4.39 Å². The Kier molecular flexibility index (Phi) is 1.56. The molecule has 1 aromatic carbocycles. The minimum absolute atomic E-state index is 0.218. The third kappa shape index (κ3) is 1.12. The molecule has 0 heterocycles. The molecule has 0 saturated carbocycles. The van der Waals surface area contributed by atoms with E-state index in [9.17, 15) is 4.39 Å². The predicted molar refractivity (Wildman–Crippen MR) is 36.5 cm³/mol. The van der Waals surface area contributed by atoms with Crippen LogP contribution < -0.4 is 5.46 Å². The third-order valence-electron chi connectivity index (χ3n) is 1.22. The molecule has 0 saturated heterocycles. The van der Waals surface area contributed by atoms with Gasteiger partial charge in [0, 0.05) is 0 Å². The van der Waals surface area contributed by atoms with Crippen LogP contribution in [0.5, 0.6) is 0 Å². The zero-order valence-electron chi connectivity index (χ0n) is 5.19. The van der Waals surface area contributed by atoms with Crippen molar-refractivity contribution in [1.82, 2.24) is 0 Å². The first-order valence-electron chi connectivity index (χ1n) is 2.72. The van der Waals surface area contributed by atoms with Gasteiger partial charge in [-0.3, -0.25) is 0 Å². The quantitative estimate of drug-likeness (QED) is 0.446. The van der Waals surface area contributed by atoms with Crippen LogP contribution in [0.25, 0.3) is 0 Å². The normalized spacial score (nSPS) is 9.56. The third-order valence-corrected chi connectivity index (χ3v) is 1.22. The monoisotopic (exact) mass is 120 g/mol. The number of halogens is 1. The number of hydrogen-bond acceptors (Lipinski definition) is 0. The highest BCUT2D eigenvalue weighted by Gasteiger charge is 1.96. The summed E-state index contributed by atoms with van der Waals surface area (Å²) in [5, 5.41) is 0. The van der Waals surface area contributed by atoms with Crippen LogP contribution in [0.4, 0.5) is 4.39 Å². The van der Waals surface area contributed by atoms with Crippen LogP contribution in [0.15, 0.2) is 18.2 Å². The minimum Gasteiger partial charge on any atom is -0.207 e. The number of benzene rings is 1. The van der Waals surface area contributed by atoms with E-state index in [-0.39, 0.29) is 11.3 Å². The summed E-state index contributed by atoms with van der Waals surface area (Å²) in [5.41, 5.74) is 0.810. The molecule has 0 aromatic heterocycles. The van der Waals surface area contributed by atoms with Crippen LogP contribution in [-0.2, 0) is 0 Å². The van der Waals surface area contributed by atoms with Crippen LogP contribution in [0, 0.1) is 12.7 Å². The maximum absolute atomic E-state index is 12.6. The van der Waals surface area contributed by atoms with Gasteiger partial charge in [0.1, 0.15) is 13.7 Å². The first-order chi connectivity index (χ1) is 4.22. The Balaban J connectivity index is 3.25. The maximum Gasteiger partial charge on any atom is 0.119 e. The molecule has 9 heavy (non-hydrogen) atoms. The van der Waals surface area contributed by atoms with Crippen molar-refractivity contribution in [1.29, 1.82) is 0 Å². The highest BCUT2D eigenvalue weighted by Crippen LogP contribution is 1.99. The molecule has 2 radical (unpaired) electrons. The van der Waals surface area contributed by atoms with E-state index in [1.54, 1.807) is 25.1 Å². The van der Waals surface area contributed by atoms with Crippen molar-refractivity contribution in [3.05, 3.63) is 29.6 Å². The fraction of sp³-hybridized carbons (Fsp3) is 0.143. The first kappa shape index (κ1) is 6.34. The summed E-state index contributed by atoms with van der Waals surface area (Å²) >= 11 is 0. The molecular formula is C7H6BF. The second-order valence-corrected chi connectivity index (χ2v) is 1.98. The van der Waals surface area contributed by atoms with Gasteiger partial charge in [0.05, 0.1) is 0 Å². The second-order valence-electron chi connectivity index (χ2n) is 1.98. The van der Waals surface area contributed by atoms with Gasteiger partial charge < -0.3 is 0 Å². The lowest BCUT2D eigenvalue weighted by Crippen LogP contribution is -2.08. The van der Waals surface area contributed by atoms with Crippen molar-refractivity contribution in [2.45, 2.75) is 6.92 Å². The maximum atomic E-state index is 12.6. The highest BCUT2D eigenvalue weighted by atomic mass is 19.1. The number of rotatable bonds is 0. The van der Waals surface area contributed by atoms with E-state index in [0.29, 0.717) is 5.56 Å². The molecule has 0 aliphatic carbocycles. The summed E-state index contributed by atoms with van der Waals surface area (Å²) in [6.45, 7) is 1.69. The topological polar surface area (TPSA) is 0 Å². The van der Waals surface area contributed by atoms with Crippen LogP contribution in [0.2, 0.25) is 0 Å². The van der Waals surface area contributed by atoms with Crippen molar-refractivity contribution in [3.63, 3.8) is 0 Å². The molecular weight excluding hydrogens is 114 g/mol. The van der Waals surface area contributed by atoms with E-state index in [0.717, 1.165) is 0 Å². The van der Waals surface area contributed by atoms with E-state index in [4.69, 9.17) is 7.85 Å². The molecule has 44 valence electrons. The zero-order valence-corrected chi connectivity index (χ0v) is 5.19.